The van der Waals surface area contributed by atoms with Crippen LogP contribution in [0.3, 0.4) is 0 Å². The van der Waals surface area contributed by atoms with Gasteiger partial charge in [0.25, 0.3) is 0 Å². The van der Waals surface area contributed by atoms with Gasteiger partial charge in [0.15, 0.2) is 0 Å². The minimum absolute atomic E-state index is 0.606. The molecule has 3 heteroatoms. The largest absolute Gasteiger partial charge is 0.344 e. The fourth-order valence-electron chi connectivity index (χ4n) is 5.00. The summed E-state index contributed by atoms with van der Waals surface area (Å²) < 4.78 is 2.59. The molecule has 2 atom stereocenters. The molecule has 2 aliphatic heterocycles. The molecule has 1 fully saturated rings. The molecule has 1 aromatic carbocycles. The number of rotatable bonds is 3. The van der Waals surface area contributed by atoms with Crippen molar-refractivity contribution in [2.45, 2.75) is 51.2 Å². The van der Waals surface area contributed by atoms with Gasteiger partial charge >= 0.3 is 0 Å². The van der Waals surface area contributed by atoms with Crippen LogP contribution in [0.25, 0.3) is 10.9 Å². The van der Waals surface area contributed by atoms with Crippen LogP contribution in [0.4, 0.5) is 0 Å². The highest BCUT2D eigenvalue weighted by molar-refractivity contribution is 5.87. The highest BCUT2D eigenvalue weighted by Crippen LogP contribution is 2.46. The second-order valence-electron chi connectivity index (χ2n) is 7.72. The zero-order chi connectivity index (χ0) is 17.0. The van der Waals surface area contributed by atoms with Crippen molar-refractivity contribution in [1.29, 1.82) is 0 Å². The summed E-state index contributed by atoms with van der Waals surface area (Å²) in [6.45, 7) is 3.23. The maximum absolute atomic E-state index is 4.52. The Balaban J connectivity index is 1.62. The molecule has 128 valence electrons. The van der Waals surface area contributed by atoms with Crippen LogP contribution in [0.2, 0.25) is 0 Å². The first-order valence-electron chi connectivity index (χ1n) is 9.46. The highest BCUT2D eigenvalue weighted by Gasteiger charge is 2.40. The Hall–Kier alpha value is -2.13. The van der Waals surface area contributed by atoms with Gasteiger partial charge < -0.3 is 4.57 Å². The Labute approximate surface area is 149 Å². The van der Waals surface area contributed by atoms with Gasteiger partial charge in [-0.05, 0) is 56.6 Å². The van der Waals surface area contributed by atoms with E-state index in [0.29, 0.717) is 6.04 Å². The third-order valence-corrected chi connectivity index (χ3v) is 6.29. The first-order chi connectivity index (χ1) is 12.2. The number of likely N-dealkylation sites (N-methyl/N-ethyl adjacent to an activating group) is 1. The van der Waals surface area contributed by atoms with Crippen molar-refractivity contribution in [2.24, 2.45) is 0 Å². The lowest BCUT2D eigenvalue weighted by molar-refractivity contribution is 0.222. The van der Waals surface area contributed by atoms with Gasteiger partial charge in [-0.25, -0.2) is 0 Å². The zero-order valence-corrected chi connectivity index (χ0v) is 15.1. The van der Waals surface area contributed by atoms with E-state index in [4.69, 9.17) is 0 Å². The molecule has 25 heavy (non-hydrogen) atoms. The number of benzene rings is 1. The summed E-state index contributed by atoms with van der Waals surface area (Å²) in [5, 5.41) is 1.48. The molecule has 0 N–H and O–H groups in total. The number of hydrogen-bond acceptors (Lipinski definition) is 2. The standard InChI is InChI=1S/C22H25N3/c1-15-6-8-19-18(13-15)22-20-9-7-17(24(20)2)14-21(22)25(19)12-10-16-5-3-4-11-23-16/h3-6,8,11,13,17,20H,7,9-10,12,14H2,1-2H3. The van der Waals surface area contributed by atoms with Crippen molar-refractivity contribution < 1.29 is 0 Å². The Morgan fingerprint density at radius 2 is 2.08 bits per heavy atom. The number of hydrogen-bond donors (Lipinski definition) is 0. The molecule has 0 amide bonds. The Morgan fingerprint density at radius 1 is 1.16 bits per heavy atom. The van der Waals surface area contributed by atoms with E-state index in [2.05, 4.69) is 58.8 Å². The molecule has 0 aliphatic carbocycles. The maximum atomic E-state index is 4.52. The number of fused-ring (bicyclic) bond motifs is 6. The summed E-state index contributed by atoms with van der Waals surface area (Å²) in [5.41, 5.74) is 7.15. The van der Waals surface area contributed by atoms with Gasteiger partial charge in [-0.2, -0.15) is 0 Å². The average molecular weight is 331 g/mol. The van der Waals surface area contributed by atoms with Crippen LogP contribution in [0, 0.1) is 6.92 Å². The summed E-state index contributed by atoms with van der Waals surface area (Å²) in [7, 11) is 2.32. The fourth-order valence-corrected chi connectivity index (χ4v) is 5.00. The van der Waals surface area contributed by atoms with Gasteiger partial charge in [0.1, 0.15) is 0 Å². The minimum atomic E-state index is 0.606. The van der Waals surface area contributed by atoms with Gasteiger partial charge in [0, 0.05) is 60.0 Å². The molecular formula is C22H25N3. The van der Waals surface area contributed by atoms with E-state index in [-0.39, 0.29) is 0 Å². The molecule has 2 bridgehead atoms. The van der Waals surface area contributed by atoms with Gasteiger partial charge in [-0.15, -0.1) is 0 Å². The Kier molecular flexibility index (Phi) is 3.46. The molecule has 0 saturated carbocycles. The lowest BCUT2D eigenvalue weighted by Gasteiger charge is -2.32. The van der Waals surface area contributed by atoms with Crippen molar-refractivity contribution in [1.82, 2.24) is 14.5 Å². The molecule has 0 radical (unpaired) electrons. The van der Waals surface area contributed by atoms with Crippen LogP contribution in [-0.4, -0.2) is 27.5 Å². The normalized spacial score (nSPS) is 22.5. The van der Waals surface area contributed by atoms with E-state index >= 15 is 0 Å². The molecule has 3 aromatic rings. The smallest absolute Gasteiger partial charge is 0.0486 e. The second-order valence-corrected chi connectivity index (χ2v) is 7.72. The van der Waals surface area contributed by atoms with Gasteiger partial charge in [0.05, 0.1) is 0 Å². The van der Waals surface area contributed by atoms with E-state index in [1.165, 1.54) is 41.4 Å². The first kappa shape index (κ1) is 15.2. The molecule has 2 unspecified atom stereocenters. The molecule has 5 rings (SSSR count). The van der Waals surface area contributed by atoms with Crippen LogP contribution in [-0.2, 0) is 19.4 Å². The lowest BCUT2D eigenvalue weighted by Crippen LogP contribution is -2.34. The summed E-state index contributed by atoms with van der Waals surface area (Å²) >= 11 is 0. The summed E-state index contributed by atoms with van der Waals surface area (Å²) in [4.78, 5) is 7.14. The highest BCUT2D eigenvalue weighted by atomic mass is 15.2. The lowest BCUT2D eigenvalue weighted by atomic mass is 9.97. The first-order valence-corrected chi connectivity index (χ1v) is 9.46. The minimum Gasteiger partial charge on any atom is -0.344 e. The average Bonchev–Trinajstić information content (AvgIpc) is 3.04. The van der Waals surface area contributed by atoms with Gasteiger partial charge in [-0.3, -0.25) is 9.88 Å². The second kappa shape index (κ2) is 5.70. The van der Waals surface area contributed by atoms with E-state index in [1.54, 1.807) is 11.3 Å². The topological polar surface area (TPSA) is 21.1 Å². The number of nitrogens with zero attached hydrogens (tertiary/aromatic N) is 3. The van der Waals surface area contributed by atoms with Crippen molar-refractivity contribution in [2.75, 3.05) is 7.05 Å². The molecule has 2 aliphatic rings. The van der Waals surface area contributed by atoms with Crippen molar-refractivity contribution >= 4 is 10.9 Å². The fraction of sp³-hybridized carbons (Fsp3) is 0.409. The van der Waals surface area contributed by atoms with Crippen LogP contribution in [0.5, 0.6) is 0 Å². The van der Waals surface area contributed by atoms with Crippen LogP contribution >= 0.6 is 0 Å². The van der Waals surface area contributed by atoms with Crippen molar-refractivity contribution in [3.05, 3.63) is 65.1 Å². The van der Waals surface area contributed by atoms with E-state index < -0.39 is 0 Å². The maximum Gasteiger partial charge on any atom is 0.0486 e. The van der Waals surface area contributed by atoms with E-state index in [9.17, 15) is 0 Å². The van der Waals surface area contributed by atoms with Crippen molar-refractivity contribution in [3.8, 4) is 0 Å². The monoisotopic (exact) mass is 331 g/mol. The van der Waals surface area contributed by atoms with E-state index in [1.807, 2.05) is 12.3 Å². The number of aryl methyl sites for hydroxylation is 3. The molecule has 0 spiro atoms. The molecular weight excluding hydrogens is 306 g/mol. The predicted octanol–water partition coefficient (Wildman–Crippen LogP) is 4.28. The summed E-state index contributed by atoms with van der Waals surface area (Å²) in [6.07, 6.45) is 6.73. The van der Waals surface area contributed by atoms with Crippen molar-refractivity contribution in [3.63, 3.8) is 0 Å². The summed E-state index contributed by atoms with van der Waals surface area (Å²) in [5.74, 6) is 0. The molecule has 2 aromatic heterocycles. The van der Waals surface area contributed by atoms with Gasteiger partial charge in [-0.1, -0.05) is 17.7 Å². The summed E-state index contributed by atoms with van der Waals surface area (Å²) in [6, 6.07) is 14.5. The van der Waals surface area contributed by atoms with Crippen LogP contribution in [0.15, 0.2) is 42.6 Å². The Morgan fingerprint density at radius 3 is 2.92 bits per heavy atom. The third-order valence-electron chi connectivity index (χ3n) is 6.29. The van der Waals surface area contributed by atoms with Crippen LogP contribution in [0.1, 0.15) is 41.4 Å². The van der Waals surface area contributed by atoms with E-state index in [0.717, 1.165) is 19.0 Å². The molecule has 1 saturated heterocycles. The number of aromatic nitrogens is 2. The predicted molar refractivity (Wildman–Crippen MR) is 102 cm³/mol. The van der Waals surface area contributed by atoms with Gasteiger partial charge in [0.2, 0.25) is 0 Å². The third kappa shape index (κ3) is 2.33. The Bertz CT molecular complexity index is 925. The molecule has 3 nitrogen and oxygen atoms in total. The zero-order valence-electron chi connectivity index (χ0n) is 15.1. The number of pyridine rings is 1. The quantitative estimate of drug-likeness (QED) is 0.714. The van der Waals surface area contributed by atoms with Crippen LogP contribution < -0.4 is 0 Å². The SMILES string of the molecule is Cc1ccc2c(c1)c1c(n2CCc2ccccn2)CC2CCC1N2C. The molecule has 4 heterocycles.